The molecule has 0 unspecified atom stereocenters. The molecule has 17 heavy (non-hydrogen) atoms. The predicted molar refractivity (Wildman–Crippen MR) is 67.9 cm³/mol. The molecule has 0 amide bonds. The number of nitrogens with zero attached hydrogens (tertiary/aromatic N) is 1. The first-order valence-corrected chi connectivity index (χ1v) is 6.19. The van der Waals surface area contributed by atoms with E-state index in [4.69, 9.17) is 0 Å². The topological polar surface area (TPSA) is 40.7 Å². The highest BCUT2D eigenvalue weighted by Crippen LogP contribution is 2.21. The number of hydrogen-bond acceptors (Lipinski definition) is 2. The summed E-state index contributed by atoms with van der Waals surface area (Å²) in [5.41, 5.74) is 4.21. The Morgan fingerprint density at radius 1 is 1.24 bits per heavy atom. The molecule has 2 N–H and O–H groups in total. The van der Waals surface area contributed by atoms with Gasteiger partial charge in [-0.1, -0.05) is 24.3 Å². The van der Waals surface area contributed by atoms with E-state index in [-0.39, 0.29) is 0 Å². The van der Waals surface area contributed by atoms with Crippen LogP contribution in [0.15, 0.2) is 36.8 Å². The van der Waals surface area contributed by atoms with Gasteiger partial charge in [-0.25, -0.2) is 4.98 Å². The normalized spacial score (nSPS) is 15.1. The summed E-state index contributed by atoms with van der Waals surface area (Å²) < 4.78 is 0. The molecule has 3 nitrogen and oxygen atoms in total. The number of nitrogens with one attached hydrogen (secondary N) is 2. The zero-order chi connectivity index (χ0) is 11.5. The molecular formula is C14H17N3. The minimum Gasteiger partial charge on any atom is -0.348 e. The Morgan fingerprint density at radius 2 is 2.00 bits per heavy atom. The predicted octanol–water partition coefficient (Wildman–Crippen LogP) is 1.71. The molecule has 0 saturated carbocycles. The van der Waals surface area contributed by atoms with Crippen LogP contribution in [0.2, 0.25) is 0 Å². The lowest BCUT2D eigenvalue weighted by Crippen LogP contribution is -2.31. The molecule has 1 aliphatic rings. The average Bonchev–Trinajstić information content (AvgIpc) is 2.96. The number of hydrogen-bond donors (Lipinski definition) is 2. The second-order valence-corrected chi connectivity index (χ2v) is 4.65. The van der Waals surface area contributed by atoms with E-state index in [0.717, 1.165) is 13.0 Å². The molecule has 88 valence electrons. The second-order valence-electron chi connectivity index (χ2n) is 4.65. The minimum absolute atomic E-state index is 0.607. The van der Waals surface area contributed by atoms with Gasteiger partial charge in [0.05, 0.1) is 6.33 Å². The molecule has 3 heteroatoms. The fourth-order valence-electron chi connectivity index (χ4n) is 2.54. The van der Waals surface area contributed by atoms with Gasteiger partial charge >= 0.3 is 0 Å². The van der Waals surface area contributed by atoms with Crippen LogP contribution in [0.1, 0.15) is 16.8 Å². The second kappa shape index (κ2) is 4.72. The van der Waals surface area contributed by atoms with E-state index in [0.29, 0.717) is 6.04 Å². The Bertz CT molecular complexity index is 451. The molecule has 1 aromatic heterocycles. The van der Waals surface area contributed by atoms with Gasteiger partial charge in [-0.2, -0.15) is 0 Å². The largest absolute Gasteiger partial charge is 0.348 e. The maximum absolute atomic E-state index is 4.02. The third-order valence-corrected chi connectivity index (χ3v) is 3.43. The highest BCUT2D eigenvalue weighted by atomic mass is 14.9. The number of benzene rings is 1. The molecule has 2 aromatic rings. The molecule has 1 aromatic carbocycles. The van der Waals surface area contributed by atoms with Crippen LogP contribution in [0.3, 0.4) is 0 Å². The van der Waals surface area contributed by atoms with E-state index < -0.39 is 0 Å². The summed E-state index contributed by atoms with van der Waals surface area (Å²) in [7, 11) is 0. The number of H-pyrrole nitrogens is 1. The van der Waals surface area contributed by atoms with Crippen molar-refractivity contribution in [1.82, 2.24) is 15.3 Å². The van der Waals surface area contributed by atoms with Gasteiger partial charge in [0.2, 0.25) is 0 Å². The van der Waals surface area contributed by atoms with Crippen LogP contribution in [0.4, 0.5) is 0 Å². The van der Waals surface area contributed by atoms with Crippen molar-refractivity contribution in [3.63, 3.8) is 0 Å². The van der Waals surface area contributed by atoms with Crippen molar-refractivity contribution in [3.05, 3.63) is 53.6 Å². The first kappa shape index (κ1) is 10.5. The van der Waals surface area contributed by atoms with Crippen molar-refractivity contribution < 1.29 is 0 Å². The van der Waals surface area contributed by atoms with Gasteiger partial charge in [0.25, 0.3) is 0 Å². The van der Waals surface area contributed by atoms with E-state index in [2.05, 4.69) is 39.6 Å². The lowest BCUT2D eigenvalue weighted by Gasteiger charge is -2.10. The molecular weight excluding hydrogens is 210 g/mol. The maximum atomic E-state index is 4.02. The van der Waals surface area contributed by atoms with Gasteiger partial charge in [0, 0.05) is 30.9 Å². The first-order valence-electron chi connectivity index (χ1n) is 6.19. The summed E-state index contributed by atoms with van der Waals surface area (Å²) in [5, 5.41) is 3.62. The number of fused-ring (bicyclic) bond motifs is 1. The van der Waals surface area contributed by atoms with Crippen molar-refractivity contribution in [3.8, 4) is 0 Å². The van der Waals surface area contributed by atoms with E-state index in [1.54, 1.807) is 6.33 Å². The quantitative estimate of drug-likeness (QED) is 0.835. The molecule has 0 aliphatic heterocycles. The van der Waals surface area contributed by atoms with E-state index in [9.17, 15) is 0 Å². The van der Waals surface area contributed by atoms with E-state index in [1.165, 1.54) is 29.7 Å². The first-order chi connectivity index (χ1) is 8.42. The van der Waals surface area contributed by atoms with Gasteiger partial charge in [0.15, 0.2) is 0 Å². The number of aromatic nitrogens is 2. The van der Waals surface area contributed by atoms with Crippen molar-refractivity contribution in [2.75, 3.05) is 6.54 Å². The summed E-state index contributed by atoms with van der Waals surface area (Å²) in [4.78, 5) is 7.15. The van der Waals surface area contributed by atoms with E-state index in [1.807, 2.05) is 6.20 Å². The summed E-state index contributed by atoms with van der Waals surface area (Å²) in [6.07, 6.45) is 6.98. The Labute approximate surface area is 101 Å². The van der Waals surface area contributed by atoms with Gasteiger partial charge in [-0.3, -0.25) is 0 Å². The molecule has 0 bridgehead atoms. The average molecular weight is 227 g/mol. The fraction of sp³-hybridized carbons (Fsp3) is 0.357. The van der Waals surface area contributed by atoms with Crippen molar-refractivity contribution in [1.29, 1.82) is 0 Å². The summed E-state index contributed by atoms with van der Waals surface area (Å²) >= 11 is 0. The van der Waals surface area contributed by atoms with Crippen molar-refractivity contribution in [2.24, 2.45) is 0 Å². The standard InChI is InChI=1S/C14H17N3/c1-2-4-12-8-14(7-11(12)3-1)16-6-5-13-9-15-10-17-13/h1-4,9-10,14,16H,5-8H2,(H,15,17). The third-order valence-electron chi connectivity index (χ3n) is 3.43. The van der Waals surface area contributed by atoms with Crippen LogP contribution in [0.25, 0.3) is 0 Å². The zero-order valence-electron chi connectivity index (χ0n) is 9.82. The Balaban J connectivity index is 1.49. The minimum atomic E-state index is 0.607. The summed E-state index contributed by atoms with van der Waals surface area (Å²) in [6, 6.07) is 9.35. The molecule has 0 saturated heterocycles. The lowest BCUT2D eigenvalue weighted by molar-refractivity contribution is 0.534. The summed E-state index contributed by atoms with van der Waals surface area (Å²) in [5.74, 6) is 0. The van der Waals surface area contributed by atoms with Gasteiger partial charge < -0.3 is 10.3 Å². The van der Waals surface area contributed by atoms with E-state index >= 15 is 0 Å². The molecule has 0 spiro atoms. The number of rotatable bonds is 4. The molecule has 1 heterocycles. The van der Waals surface area contributed by atoms with Crippen LogP contribution in [-0.4, -0.2) is 22.6 Å². The van der Waals surface area contributed by atoms with Crippen LogP contribution >= 0.6 is 0 Å². The van der Waals surface area contributed by atoms with Crippen molar-refractivity contribution in [2.45, 2.75) is 25.3 Å². The van der Waals surface area contributed by atoms with Crippen LogP contribution in [-0.2, 0) is 19.3 Å². The zero-order valence-corrected chi connectivity index (χ0v) is 9.82. The molecule has 0 radical (unpaired) electrons. The smallest absolute Gasteiger partial charge is 0.0921 e. The molecule has 0 fully saturated rings. The Morgan fingerprint density at radius 3 is 2.65 bits per heavy atom. The summed E-state index contributed by atoms with van der Waals surface area (Å²) in [6.45, 7) is 1.01. The maximum Gasteiger partial charge on any atom is 0.0921 e. The molecule has 0 atom stereocenters. The Kier molecular flexibility index (Phi) is 2.92. The lowest BCUT2D eigenvalue weighted by atomic mass is 10.1. The van der Waals surface area contributed by atoms with Crippen LogP contribution in [0, 0.1) is 0 Å². The number of aromatic amines is 1. The highest BCUT2D eigenvalue weighted by Gasteiger charge is 2.19. The Hall–Kier alpha value is -1.61. The fourth-order valence-corrected chi connectivity index (χ4v) is 2.54. The monoisotopic (exact) mass is 227 g/mol. The van der Waals surface area contributed by atoms with Crippen LogP contribution in [0.5, 0.6) is 0 Å². The SMILES string of the molecule is c1ccc2c(c1)CC(NCCc1cnc[nH]1)C2. The highest BCUT2D eigenvalue weighted by molar-refractivity contribution is 5.33. The van der Waals surface area contributed by atoms with Gasteiger partial charge in [-0.15, -0.1) is 0 Å². The van der Waals surface area contributed by atoms with Crippen LogP contribution < -0.4 is 5.32 Å². The molecule has 3 rings (SSSR count). The van der Waals surface area contributed by atoms with Gasteiger partial charge in [0.1, 0.15) is 0 Å². The van der Waals surface area contributed by atoms with Gasteiger partial charge in [-0.05, 0) is 24.0 Å². The molecule has 1 aliphatic carbocycles. The third kappa shape index (κ3) is 2.39. The van der Waals surface area contributed by atoms with Crippen molar-refractivity contribution >= 4 is 0 Å². The number of imidazole rings is 1.